The van der Waals surface area contributed by atoms with Gasteiger partial charge in [0.15, 0.2) is 0 Å². The van der Waals surface area contributed by atoms with Crippen LogP contribution in [0.3, 0.4) is 0 Å². The van der Waals surface area contributed by atoms with Crippen molar-refractivity contribution in [2.24, 2.45) is 11.8 Å². The van der Waals surface area contributed by atoms with Gasteiger partial charge in [-0.05, 0) is 6.42 Å². The van der Waals surface area contributed by atoms with E-state index in [1.807, 2.05) is 0 Å². The Bertz CT molecular complexity index is 213. The minimum atomic E-state index is 0.0316. The fourth-order valence-corrected chi connectivity index (χ4v) is 8.61. The summed E-state index contributed by atoms with van der Waals surface area (Å²) in [6.45, 7) is 0. The molecule has 0 unspecified atom stereocenters. The maximum atomic E-state index is 3.76. The highest BCUT2D eigenvalue weighted by atomic mass is 79.9. The number of alkyl halides is 6. The number of hydrogen-bond donors (Lipinski definition) is 0. The van der Waals surface area contributed by atoms with Crippen molar-refractivity contribution in [2.75, 3.05) is 0 Å². The van der Waals surface area contributed by atoms with Crippen LogP contribution >= 0.6 is 95.6 Å². The van der Waals surface area contributed by atoms with Crippen LogP contribution in [0, 0.1) is 11.8 Å². The van der Waals surface area contributed by atoms with Crippen LogP contribution < -0.4 is 0 Å². The molecule has 76 valence electrons. The predicted molar refractivity (Wildman–Crippen MR) is 78.2 cm³/mol. The van der Waals surface area contributed by atoms with Crippen molar-refractivity contribution in [2.45, 2.75) is 22.5 Å². The smallest absolute Gasteiger partial charge is 0.0862 e. The van der Waals surface area contributed by atoms with E-state index in [0.29, 0.717) is 21.5 Å². The van der Waals surface area contributed by atoms with Gasteiger partial charge in [-0.25, -0.2) is 0 Å². The fourth-order valence-electron chi connectivity index (χ4n) is 2.16. The quantitative estimate of drug-likeness (QED) is 0.355. The summed E-state index contributed by atoms with van der Waals surface area (Å²) in [6.07, 6.45) is 1.21. The molecule has 0 aromatic carbocycles. The Labute approximate surface area is 128 Å². The number of hydrogen-bond acceptors (Lipinski definition) is 0. The van der Waals surface area contributed by atoms with Gasteiger partial charge in [0.2, 0.25) is 0 Å². The standard InChI is InChI=1S/C7H6Br6/c8-4-2-1-3(7(4,12)13)5(9)6(2,10)11/h2-5H,1H2/t2-,3-,4+,5+/m1/s1. The van der Waals surface area contributed by atoms with Crippen molar-refractivity contribution < 1.29 is 0 Å². The summed E-state index contributed by atoms with van der Waals surface area (Å²) in [7, 11) is 0. The zero-order valence-corrected chi connectivity index (χ0v) is 15.8. The molecule has 0 radical (unpaired) electrons. The second-order valence-corrected chi connectivity index (χ2v) is 13.0. The first-order valence-electron chi connectivity index (χ1n) is 3.83. The van der Waals surface area contributed by atoms with Gasteiger partial charge in [0, 0.05) is 21.5 Å². The van der Waals surface area contributed by atoms with Gasteiger partial charge in [-0.3, -0.25) is 0 Å². The van der Waals surface area contributed by atoms with Crippen LogP contribution in [-0.2, 0) is 0 Å². The molecule has 0 aromatic rings. The van der Waals surface area contributed by atoms with Crippen molar-refractivity contribution in [1.82, 2.24) is 0 Å². The SMILES string of the molecule is Br[C@H]1[C@H]2C[C@H]([C@H](Br)C2(Br)Br)C1(Br)Br. The molecule has 0 nitrogen and oxygen atoms in total. The van der Waals surface area contributed by atoms with Gasteiger partial charge < -0.3 is 0 Å². The van der Waals surface area contributed by atoms with Crippen molar-refractivity contribution in [3.8, 4) is 0 Å². The molecule has 2 fully saturated rings. The van der Waals surface area contributed by atoms with Gasteiger partial charge in [0.1, 0.15) is 0 Å². The summed E-state index contributed by atoms with van der Waals surface area (Å²) in [5.41, 5.74) is 0. The Kier molecular flexibility index (Phi) is 3.50. The third-order valence-corrected chi connectivity index (χ3v) is 12.4. The molecule has 2 bridgehead atoms. The first-order chi connectivity index (χ1) is 5.79. The van der Waals surface area contributed by atoms with Crippen molar-refractivity contribution in [1.29, 1.82) is 0 Å². The zero-order valence-electron chi connectivity index (χ0n) is 6.28. The molecule has 0 amide bonds. The van der Waals surface area contributed by atoms with E-state index in [1.54, 1.807) is 0 Å². The van der Waals surface area contributed by atoms with Gasteiger partial charge in [0.25, 0.3) is 0 Å². The first-order valence-corrected chi connectivity index (χ1v) is 8.83. The summed E-state index contributed by atoms with van der Waals surface area (Å²) in [5.74, 6) is 1.17. The van der Waals surface area contributed by atoms with Gasteiger partial charge >= 0.3 is 0 Å². The van der Waals surface area contributed by atoms with E-state index in [4.69, 9.17) is 0 Å². The molecule has 0 heterocycles. The van der Waals surface area contributed by atoms with Crippen molar-refractivity contribution in [3.05, 3.63) is 0 Å². The topological polar surface area (TPSA) is 0 Å². The molecule has 0 N–H and O–H groups in total. The molecular weight excluding hydrogens is 564 g/mol. The van der Waals surface area contributed by atoms with Crippen molar-refractivity contribution in [3.63, 3.8) is 0 Å². The highest BCUT2D eigenvalue weighted by Gasteiger charge is 2.68. The Morgan fingerprint density at radius 1 is 0.769 bits per heavy atom. The molecule has 0 spiro atoms. The third-order valence-electron chi connectivity index (χ3n) is 2.94. The van der Waals surface area contributed by atoms with Crippen LogP contribution in [-0.4, -0.2) is 16.1 Å². The van der Waals surface area contributed by atoms with Crippen LogP contribution in [0.4, 0.5) is 0 Å². The van der Waals surface area contributed by atoms with Crippen LogP contribution in [0.25, 0.3) is 0 Å². The van der Waals surface area contributed by atoms with E-state index in [9.17, 15) is 0 Å². The lowest BCUT2D eigenvalue weighted by Crippen LogP contribution is -2.47. The van der Waals surface area contributed by atoms with E-state index in [0.717, 1.165) is 0 Å². The Morgan fingerprint density at radius 2 is 1.08 bits per heavy atom. The molecule has 4 atom stereocenters. The molecule has 13 heavy (non-hydrogen) atoms. The molecular formula is C7H6Br6. The number of halogens is 6. The molecule has 2 saturated carbocycles. The molecule has 2 aliphatic carbocycles. The Morgan fingerprint density at radius 3 is 1.31 bits per heavy atom. The lowest BCUT2D eigenvalue weighted by Gasteiger charge is -2.41. The second kappa shape index (κ2) is 3.69. The molecule has 2 rings (SSSR count). The maximum absolute atomic E-state index is 3.76. The van der Waals surface area contributed by atoms with E-state index in [2.05, 4.69) is 95.6 Å². The van der Waals surface area contributed by atoms with E-state index < -0.39 is 0 Å². The Balaban J connectivity index is 2.37. The highest BCUT2D eigenvalue weighted by molar-refractivity contribution is 9.27. The molecule has 0 aliphatic heterocycles. The summed E-state index contributed by atoms with van der Waals surface area (Å²) in [6, 6.07) is 0. The molecule has 2 aliphatic rings. The van der Waals surface area contributed by atoms with E-state index in [1.165, 1.54) is 6.42 Å². The summed E-state index contributed by atoms with van der Waals surface area (Å²) in [5, 5.41) is 0. The lowest BCUT2D eigenvalue weighted by molar-refractivity contribution is 0.512. The minimum absolute atomic E-state index is 0.0316. The normalized spacial score (nSPS) is 51.2. The fraction of sp³-hybridized carbons (Fsp3) is 1.00. The molecule has 0 aromatic heterocycles. The van der Waals surface area contributed by atoms with Gasteiger partial charge in [-0.2, -0.15) is 0 Å². The highest BCUT2D eigenvalue weighted by Crippen LogP contribution is 2.69. The lowest BCUT2D eigenvalue weighted by atomic mass is 10.00. The predicted octanol–water partition coefficient (Wildman–Crippen LogP) is 5.14. The Hall–Kier alpha value is 2.88. The molecule has 0 saturated heterocycles. The zero-order chi connectivity index (χ0) is 10.0. The largest absolute Gasteiger partial charge is 0.0972 e. The van der Waals surface area contributed by atoms with E-state index in [-0.39, 0.29) is 6.47 Å². The minimum Gasteiger partial charge on any atom is -0.0862 e. The molecule has 6 heteroatoms. The number of rotatable bonds is 0. The summed E-state index contributed by atoms with van der Waals surface area (Å²) >= 11 is 22.5. The second-order valence-electron chi connectivity index (χ2n) is 3.60. The average Bonchev–Trinajstić information content (AvgIpc) is 2.35. The van der Waals surface area contributed by atoms with Crippen LogP contribution in [0.1, 0.15) is 6.42 Å². The van der Waals surface area contributed by atoms with Gasteiger partial charge in [-0.1, -0.05) is 95.6 Å². The van der Waals surface area contributed by atoms with Gasteiger partial charge in [-0.15, -0.1) is 0 Å². The van der Waals surface area contributed by atoms with Crippen LogP contribution in [0.5, 0.6) is 0 Å². The van der Waals surface area contributed by atoms with Crippen LogP contribution in [0.2, 0.25) is 0 Å². The summed E-state index contributed by atoms with van der Waals surface area (Å²) in [4.78, 5) is 0.884. The van der Waals surface area contributed by atoms with Crippen molar-refractivity contribution >= 4 is 95.6 Å². The average molecular weight is 570 g/mol. The van der Waals surface area contributed by atoms with E-state index >= 15 is 0 Å². The summed E-state index contributed by atoms with van der Waals surface area (Å²) < 4.78 is 0.0632. The third kappa shape index (κ3) is 1.63. The monoisotopic (exact) mass is 564 g/mol. The van der Waals surface area contributed by atoms with Crippen LogP contribution in [0.15, 0.2) is 0 Å². The number of fused-ring (bicyclic) bond motifs is 2. The maximum Gasteiger partial charge on any atom is 0.0972 e. The first kappa shape index (κ1) is 12.3. The van der Waals surface area contributed by atoms with Gasteiger partial charge in [0.05, 0.1) is 6.47 Å².